The van der Waals surface area contributed by atoms with E-state index in [1.165, 1.54) is 11.3 Å². The maximum absolute atomic E-state index is 12.5. The Balaban J connectivity index is 1.55. The summed E-state index contributed by atoms with van der Waals surface area (Å²) < 4.78 is 0. The lowest BCUT2D eigenvalue weighted by molar-refractivity contribution is -0.128. The van der Waals surface area contributed by atoms with Crippen molar-refractivity contribution in [1.82, 2.24) is 25.3 Å². The molecule has 1 aromatic rings. The number of nitrogens with one attached hydrogen (secondary N) is 2. The fourth-order valence-electron chi connectivity index (χ4n) is 4.92. The van der Waals surface area contributed by atoms with Gasteiger partial charge in [0, 0.05) is 56.8 Å². The van der Waals surface area contributed by atoms with Crippen LogP contribution in [0.3, 0.4) is 0 Å². The maximum Gasteiger partial charge on any atom is 0.223 e. The predicted octanol–water partition coefficient (Wildman–Crippen LogP) is 2.98. The second kappa shape index (κ2) is 9.40. The molecule has 1 spiro atoms. The molecule has 2 N–H and O–H groups in total. The largest absolute Gasteiger partial charge is 0.342 e. The van der Waals surface area contributed by atoms with Crippen molar-refractivity contribution >= 4 is 5.91 Å². The molecule has 2 aliphatic rings. The summed E-state index contributed by atoms with van der Waals surface area (Å²) in [5.41, 5.74) is 2.82. The Morgan fingerprint density at radius 2 is 2.14 bits per heavy atom. The summed E-state index contributed by atoms with van der Waals surface area (Å²) in [6.45, 7) is 9.35. The van der Waals surface area contributed by atoms with E-state index in [0.29, 0.717) is 17.7 Å². The quantitative estimate of drug-likeness (QED) is 0.681. The molecule has 6 heteroatoms. The second-order valence-electron chi connectivity index (χ2n) is 9.59. The second-order valence-corrected chi connectivity index (χ2v) is 9.59. The van der Waals surface area contributed by atoms with Gasteiger partial charge in [0.15, 0.2) is 0 Å². The Morgan fingerprint density at radius 1 is 1.39 bits per heavy atom. The molecule has 1 aliphatic carbocycles. The van der Waals surface area contributed by atoms with E-state index in [1.807, 2.05) is 7.05 Å². The first-order chi connectivity index (χ1) is 13.4. The van der Waals surface area contributed by atoms with Crippen molar-refractivity contribution < 1.29 is 4.79 Å². The minimum absolute atomic E-state index is 0.227. The number of aromatic nitrogens is 2. The molecular weight excluding hydrogens is 350 g/mol. The minimum atomic E-state index is 0.227. The Bertz CT molecular complexity index is 633. The van der Waals surface area contributed by atoms with E-state index in [9.17, 15) is 4.79 Å². The first kappa shape index (κ1) is 21.3. The highest BCUT2D eigenvalue weighted by Crippen LogP contribution is 2.48. The van der Waals surface area contributed by atoms with E-state index in [-0.39, 0.29) is 5.41 Å². The van der Waals surface area contributed by atoms with Crippen molar-refractivity contribution in [3.63, 3.8) is 0 Å². The van der Waals surface area contributed by atoms with Crippen LogP contribution in [0.2, 0.25) is 0 Å². The van der Waals surface area contributed by atoms with E-state index in [2.05, 4.69) is 52.4 Å². The third-order valence-corrected chi connectivity index (χ3v) is 6.75. The molecule has 1 amide bonds. The predicted molar refractivity (Wildman–Crippen MR) is 113 cm³/mol. The highest BCUT2D eigenvalue weighted by Gasteiger charge is 2.45. The average molecular weight is 390 g/mol. The van der Waals surface area contributed by atoms with Crippen molar-refractivity contribution in [2.24, 2.45) is 11.3 Å². The molecule has 2 heterocycles. The van der Waals surface area contributed by atoms with Crippen molar-refractivity contribution in [3.05, 3.63) is 17.5 Å². The van der Waals surface area contributed by atoms with Crippen LogP contribution in [0, 0.1) is 11.3 Å². The number of H-pyrrole nitrogens is 1. The molecule has 0 unspecified atom stereocenters. The highest BCUT2D eigenvalue weighted by atomic mass is 16.2. The molecule has 6 nitrogen and oxygen atoms in total. The van der Waals surface area contributed by atoms with Gasteiger partial charge >= 0.3 is 0 Å². The van der Waals surface area contributed by atoms with E-state index in [0.717, 1.165) is 71.2 Å². The summed E-state index contributed by atoms with van der Waals surface area (Å²) >= 11 is 0. The van der Waals surface area contributed by atoms with Crippen LogP contribution in [0.5, 0.6) is 0 Å². The monoisotopic (exact) mass is 389 g/mol. The summed E-state index contributed by atoms with van der Waals surface area (Å²) in [6, 6.07) is 0. The first-order valence-corrected chi connectivity index (χ1v) is 11.1. The zero-order valence-corrected chi connectivity index (χ0v) is 18.3. The van der Waals surface area contributed by atoms with Crippen LogP contribution in [-0.4, -0.2) is 66.2 Å². The van der Waals surface area contributed by atoms with Crippen molar-refractivity contribution in [2.75, 3.05) is 40.3 Å². The van der Waals surface area contributed by atoms with E-state index < -0.39 is 0 Å². The zero-order chi connectivity index (χ0) is 20.1. The van der Waals surface area contributed by atoms with Gasteiger partial charge in [0.2, 0.25) is 5.91 Å². The number of aromatic amines is 1. The Morgan fingerprint density at radius 3 is 2.82 bits per heavy atom. The maximum atomic E-state index is 12.5. The number of rotatable bonds is 9. The molecule has 0 radical (unpaired) electrons. The van der Waals surface area contributed by atoms with E-state index in [4.69, 9.17) is 0 Å². The van der Waals surface area contributed by atoms with Gasteiger partial charge in [0.05, 0.1) is 5.69 Å². The molecule has 0 aromatic carbocycles. The number of amides is 1. The van der Waals surface area contributed by atoms with Gasteiger partial charge in [-0.15, -0.1) is 0 Å². The number of hydrogen-bond donors (Lipinski definition) is 2. The molecule has 0 atom stereocenters. The van der Waals surface area contributed by atoms with Gasteiger partial charge < -0.3 is 15.1 Å². The van der Waals surface area contributed by atoms with Gasteiger partial charge in [-0.3, -0.25) is 9.89 Å². The van der Waals surface area contributed by atoms with Crippen molar-refractivity contribution in [2.45, 2.75) is 64.8 Å². The normalized spacial score (nSPS) is 25.6. The van der Waals surface area contributed by atoms with Crippen molar-refractivity contribution in [3.8, 4) is 0 Å². The molecule has 3 rings (SSSR count). The SMILES string of the molecule is CNCCN(C)Cc1c[nH]nc1C1CCC2(CC1)CC(=O)N(CCC(C)C)C2. The van der Waals surface area contributed by atoms with Crippen LogP contribution < -0.4 is 5.32 Å². The number of carbonyl (C=O) groups excluding carboxylic acids is 1. The van der Waals surface area contributed by atoms with Gasteiger partial charge in [-0.25, -0.2) is 0 Å². The standard InChI is InChI=1S/C22H39N5O/c1-17(2)7-11-27-16-22(13-20(27)28)8-5-18(6-9-22)21-19(14-24-25-21)15-26(4)12-10-23-3/h14,17-18,23H,5-13,15-16H2,1-4H3,(H,24,25). The number of likely N-dealkylation sites (N-methyl/N-ethyl adjacent to an activating group) is 2. The molecular formula is C22H39N5O. The van der Waals surface area contributed by atoms with Gasteiger partial charge in [0.25, 0.3) is 0 Å². The van der Waals surface area contributed by atoms with Crippen LogP contribution >= 0.6 is 0 Å². The lowest BCUT2D eigenvalue weighted by Crippen LogP contribution is -2.32. The van der Waals surface area contributed by atoms with Gasteiger partial charge in [0.1, 0.15) is 0 Å². The summed E-state index contributed by atoms with van der Waals surface area (Å²) in [6.07, 6.45) is 8.57. The lowest BCUT2D eigenvalue weighted by Gasteiger charge is -2.36. The van der Waals surface area contributed by atoms with Crippen LogP contribution in [0.15, 0.2) is 6.20 Å². The smallest absolute Gasteiger partial charge is 0.223 e. The molecule has 1 aliphatic heterocycles. The summed E-state index contributed by atoms with van der Waals surface area (Å²) in [7, 11) is 4.16. The topological polar surface area (TPSA) is 64.3 Å². The molecule has 0 bridgehead atoms. The first-order valence-electron chi connectivity index (χ1n) is 11.1. The summed E-state index contributed by atoms with van der Waals surface area (Å²) in [5, 5.41) is 10.9. The molecule has 1 saturated carbocycles. The Kier molecular flexibility index (Phi) is 7.15. The van der Waals surface area contributed by atoms with Crippen LogP contribution in [-0.2, 0) is 11.3 Å². The molecule has 158 valence electrons. The van der Waals surface area contributed by atoms with Gasteiger partial charge in [-0.05, 0) is 57.5 Å². The number of hydrogen-bond acceptors (Lipinski definition) is 4. The molecule has 28 heavy (non-hydrogen) atoms. The number of likely N-dealkylation sites (tertiary alicyclic amines) is 1. The van der Waals surface area contributed by atoms with Gasteiger partial charge in [-0.1, -0.05) is 13.8 Å². The molecule has 1 saturated heterocycles. The number of carbonyl (C=O) groups is 1. The van der Waals surface area contributed by atoms with Crippen molar-refractivity contribution in [1.29, 1.82) is 0 Å². The molecule has 2 fully saturated rings. The highest BCUT2D eigenvalue weighted by molar-refractivity contribution is 5.79. The third kappa shape index (κ3) is 5.15. The average Bonchev–Trinajstić information content (AvgIpc) is 3.23. The molecule has 1 aromatic heterocycles. The van der Waals surface area contributed by atoms with E-state index in [1.54, 1.807) is 0 Å². The Labute approximate surface area is 170 Å². The Hall–Kier alpha value is -1.40. The third-order valence-electron chi connectivity index (χ3n) is 6.75. The zero-order valence-electron chi connectivity index (χ0n) is 18.3. The van der Waals surface area contributed by atoms with Crippen LogP contribution in [0.4, 0.5) is 0 Å². The van der Waals surface area contributed by atoms with E-state index >= 15 is 0 Å². The van der Waals surface area contributed by atoms with Crippen LogP contribution in [0.25, 0.3) is 0 Å². The van der Waals surface area contributed by atoms with Gasteiger partial charge in [-0.2, -0.15) is 5.10 Å². The fourth-order valence-corrected chi connectivity index (χ4v) is 4.92. The fraction of sp³-hybridized carbons (Fsp3) is 0.818. The number of nitrogens with zero attached hydrogens (tertiary/aromatic N) is 3. The minimum Gasteiger partial charge on any atom is -0.342 e. The summed E-state index contributed by atoms with van der Waals surface area (Å²) in [4.78, 5) is 17.0. The lowest BCUT2D eigenvalue weighted by atomic mass is 9.69. The van der Waals surface area contributed by atoms with Crippen LogP contribution in [0.1, 0.15) is 69.5 Å². The summed E-state index contributed by atoms with van der Waals surface area (Å²) in [5.74, 6) is 1.57.